The van der Waals surface area contributed by atoms with Gasteiger partial charge in [-0.2, -0.15) is 5.10 Å². The topological polar surface area (TPSA) is 30.2 Å². The minimum atomic E-state index is 0.837. The van der Waals surface area contributed by atoms with Crippen LogP contribution >= 0.6 is 0 Å². The summed E-state index contributed by atoms with van der Waals surface area (Å²) >= 11 is 0. The zero-order valence-corrected chi connectivity index (χ0v) is 7.49. The van der Waals surface area contributed by atoms with Gasteiger partial charge in [-0.05, 0) is 19.4 Å². The first kappa shape index (κ1) is 8.71. The van der Waals surface area contributed by atoms with Gasteiger partial charge in [0.2, 0.25) is 0 Å². The summed E-state index contributed by atoms with van der Waals surface area (Å²) in [5.41, 5.74) is 0.957. The molecule has 0 saturated carbocycles. The third-order valence-electron chi connectivity index (χ3n) is 1.49. The molecule has 0 atom stereocenters. The Labute approximate surface area is 72.4 Å². The van der Waals surface area contributed by atoms with Crippen LogP contribution in [0.2, 0.25) is 0 Å². The molecule has 1 rings (SSSR count). The lowest BCUT2D eigenvalue weighted by Crippen LogP contribution is -1.88. The number of aromatic nitrogens is 2. The van der Waals surface area contributed by atoms with Crippen LogP contribution in [0.1, 0.15) is 24.9 Å². The molecule has 0 aromatic carbocycles. The maximum atomic E-state index is 4.26. The Balaban J connectivity index is 2.96. The van der Waals surface area contributed by atoms with Gasteiger partial charge in [0, 0.05) is 6.72 Å². The van der Waals surface area contributed by atoms with E-state index in [1.165, 1.54) is 0 Å². The lowest BCUT2D eigenvalue weighted by atomic mass is 10.4. The smallest absolute Gasteiger partial charge is 0.153 e. The van der Waals surface area contributed by atoms with Crippen LogP contribution in [0.15, 0.2) is 17.4 Å². The molecule has 0 unspecified atom stereocenters. The maximum absolute atomic E-state index is 4.26. The highest BCUT2D eigenvalue weighted by Crippen LogP contribution is 2.04. The van der Waals surface area contributed by atoms with E-state index in [2.05, 4.69) is 23.7 Å². The fraction of sp³-hybridized carbons (Fsp3) is 0.333. The van der Waals surface area contributed by atoms with E-state index < -0.39 is 0 Å². The number of hydrogen-bond donors (Lipinski definition) is 0. The molecule has 0 N–H and O–H groups in total. The first-order valence-corrected chi connectivity index (χ1v) is 3.97. The molecule has 12 heavy (non-hydrogen) atoms. The van der Waals surface area contributed by atoms with Crippen LogP contribution in [-0.2, 0) is 0 Å². The van der Waals surface area contributed by atoms with Gasteiger partial charge < -0.3 is 0 Å². The summed E-state index contributed by atoms with van der Waals surface area (Å²) in [7, 11) is 0. The lowest BCUT2D eigenvalue weighted by molar-refractivity contribution is 0.870. The highest BCUT2D eigenvalue weighted by Gasteiger charge is 1.98. The second kappa shape index (κ2) is 3.85. The van der Waals surface area contributed by atoms with Gasteiger partial charge in [-0.3, -0.25) is 0 Å². The second-order valence-corrected chi connectivity index (χ2v) is 2.54. The predicted octanol–water partition coefficient (Wildman–Crippen LogP) is 2.08. The zero-order chi connectivity index (χ0) is 8.97. The molecule has 0 aliphatic rings. The maximum Gasteiger partial charge on any atom is 0.153 e. The fourth-order valence-electron chi connectivity index (χ4n) is 0.954. The minimum absolute atomic E-state index is 0.837. The summed E-state index contributed by atoms with van der Waals surface area (Å²) in [6.07, 6.45) is 6.84. The quantitative estimate of drug-likeness (QED) is 0.627. The molecule has 0 aliphatic carbocycles. The molecule has 3 nitrogen and oxygen atoms in total. The van der Waals surface area contributed by atoms with Crippen molar-refractivity contribution in [1.29, 1.82) is 0 Å². The Bertz CT molecular complexity index is 297. The van der Waals surface area contributed by atoms with Crippen molar-refractivity contribution in [1.82, 2.24) is 9.66 Å². The second-order valence-electron chi connectivity index (χ2n) is 2.54. The van der Waals surface area contributed by atoms with Gasteiger partial charge in [0.1, 0.15) is 0 Å². The molecule has 3 heteroatoms. The Morgan fingerprint density at radius 2 is 2.50 bits per heavy atom. The molecule has 64 valence electrons. The highest BCUT2D eigenvalue weighted by molar-refractivity contribution is 5.41. The molecule has 1 heterocycles. The van der Waals surface area contributed by atoms with E-state index in [0.29, 0.717) is 0 Å². The van der Waals surface area contributed by atoms with E-state index >= 15 is 0 Å². The van der Waals surface area contributed by atoms with Crippen LogP contribution in [0.5, 0.6) is 0 Å². The van der Waals surface area contributed by atoms with Crippen molar-refractivity contribution in [3.8, 4) is 0 Å². The van der Waals surface area contributed by atoms with Gasteiger partial charge >= 0.3 is 0 Å². The SMILES string of the molecule is C=Nn1cc(C)nc1/C=C\CC. The van der Waals surface area contributed by atoms with Crippen molar-refractivity contribution >= 4 is 12.8 Å². The summed E-state index contributed by atoms with van der Waals surface area (Å²) in [6, 6.07) is 0. The molecule has 0 amide bonds. The zero-order valence-electron chi connectivity index (χ0n) is 7.49. The normalized spacial score (nSPS) is 10.8. The van der Waals surface area contributed by atoms with E-state index in [4.69, 9.17) is 0 Å². The number of hydrogen-bond acceptors (Lipinski definition) is 2. The number of imidazole rings is 1. The van der Waals surface area contributed by atoms with E-state index in [-0.39, 0.29) is 0 Å². The Hall–Kier alpha value is -1.38. The lowest BCUT2D eigenvalue weighted by Gasteiger charge is -1.92. The van der Waals surface area contributed by atoms with Crippen LogP contribution in [0.4, 0.5) is 0 Å². The Morgan fingerprint density at radius 3 is 3.08 bits per heavy atom. The van der Waals surface area contributed by atoms with Crippen LogP contribution < -0.4 is 0 Å². The van der Waals surface area contributed by atoms with Crippen molar-refractivity contribution in [2.24, 2.45) is 5.10 Å². The van der Waals surface area contributed by atoms with Crippen molar-refractivity contribution in [2.45, 2.75) is 20.3 Å². The molecule has 0 fully saturated rings. The number of allylic oxidation sites excluding steroid dienone is 1. The Morgan fingerprint density at radius 1 is 1.75 bits per heavy atom. The predicted molar refractivity (Wildman–Crippen MR) is 51.2 cm³/mol. The van der Waals surface area contributed by atoms with Crippen molar-refractivity contribution in [2.75, 3.05) is 0 Å². The third-order valence-corrected chi connectivity index (χ3v) is 1.49. The van der Waals surface area contributed by atoms with Crippen LogP contribution in [0.3, 0.4) is 0 Å². The fourth-order valence-corrected chi connectivity index (χ4v) is 0.954. The van der Waals surface area contributed by atoms with E-state index in [1.807, 2.05) is 25.3 Å². The summed E-state index contributed by atoms with van der Waals surface area (Å²) in [5, 5.41) is 3.80. The highest BCUT2D eigenvalue weighted by atomic mass is 15.4. The molecule has 1 aromatic heterocycles. The molecule has 0 bridgehead atoms. The summed E-state index contributed by atoms with van der Waals surface area (Å²) < 4.78 is 1.67. The van der Waals surface area contributed by atoms with Crippen molar-refractivity contribution < 1.29 is 0 Å². The van der Waals surface area contributed by atoms with Gasteiger partial charge in [0.25, 0.3) is 0 Å². The molecule has 0 saturated heterocycles. The molecular formula is C9H13N3. The van der Waals surface area contributed by atoms with Gasteiger partial charge in [-0.25, -0.2) is 9.66 Å². The standard InChI is InChI=1S/C9H13N3/c1-4-5-6-9-11-8(2)7-12(9)10-3/h5-7H,3-4H2,1-2H3/b6-5-. The molecule has 0 radical (unpaired) electrons. The minimum Gasteiger partial charge on any atom is -0.232 e. The van der Waals surface area contributed by atoms with E-state index in [1.54, 1.807) is 4.68 Å². The van der Waals surface area contributed by atoms with Gasteiger partial charge in [-0.15, -0.1) is 0 Å². The van der Waals surface area contributed by atoms with E-state index in [9.17, 15) is 0 Å². The van der Waals surface area contributed by atoms with Gasteiger partial charge in [0.15, 0.2) is 5.82 Å². The number of nitrogens with zero attached hydrogens (tertiary/aromatic N) is 3. The number of rotatable bonds is 3. The van der Waals surface area contributed by atoms with Crippen molar-refractivity contribution in [3.05, 3.63) is 23.8 Å². The summed E-state index contributed by atoms with van der Waals surface area (Å²) in [5.74, 6) is 0.837. The van der Waals surface area contributed by atoms with Gasteiger partial charge in [0.05, 0.1) is 11.9 Å². The average Bonchev–Trinajstić information content (AvgIpc) is 2.42. The average molecular weight is 163 g/mol. The third kappa shape index (κ3) is 1.81. The monoisotopic (exact) mass is 163 g/mol. The first-order valence-electron chi connectivity index (χ1n) is 3.97. The van der Waals surface area contributed by atoms with Crippen LogP contribution in [-0.4, -0.2) is 16.4 Å². The van der Waals surface area contributed by atoms with Crippen molar-refractivity contribution in [3.63, 3.8) is 0 Å². The number of aryl methyl sites for hydroxylation is 1. The summed E-state index contributed by atoms with van der Waals surface area (Å²) in [6.45, 7) is 7.47. The van der Waals surface area contributed by atoms with Crippen LogP contribution in [0.25, 0.3) is 6.08 Å². The Kier molecular flexibility index (Phi) is 2.80. The largest absolute Gasteiger partial charge is 0.232 e. The molecular weight excluding hydrogens is 150 g/mol. The summed E-state index contributed by atoms with van der Waals surface area (Å²) in [4.78, 5) is 4.26. The molecule has 0 spiro atoms. The molecule has 0 aliphatic heterocycles. The van der Waals surface area contributed by atoms with E-state index in [0.717, 1.165) is 17.9 Å². The van der Waals surface area contributed by atoms with Gasteiger partial charge in [-0.1, -0.05) is 13.0 Å². The molecule has 1 aromatic rings. The first-order chi connectivity index (χ1) is 5.77. The van der Waals surface area contributed by atoms with Crippen LogP contribution in [0, 0.1) is 6.92 Å².